The van der Waals surface area contributed by atoms with Gasteiger partial charge in [0.1, 0.15) is 0 Å². The molecule has 106 valence electrons. The zero-order valence-electron chi connectivity index (χ0n) is 11.9. The Balaban J connectivity index is 1.70. The third-order valence-corrected chi connectivity index (χ3v) is 3.63. The number of likely N-dealkylation sites (tertiary alicyclic amines) is 1. The van der Waals surface area contributed by atoms with Crippen LogP contribution in [-0.2, 0) is 11.3 Å². The molecule has 19 heavy (non-hydrogen) atoms. The largest absolute Gasteiger partial charge is 0.341 e. The standard InChI is InChI=1S/C14H24N4O/c1-12-5-3-7-17(10-12)14(19)9-15-13(2)11-18-8-4-6-16-18/h4,6,8,12-13,15H,3,5,7,9-11H2,1-2H3/t12-,13-/m0/s1. The molecule has 2 heterocycles. The Morgan fingerprint density at radius 2 is 2.42 bits per heavy atom. The number of piperidine rings is 1. The first-order valence-electron chi connectivity index (χ1n) is 7.13. The molecule has 1 aromatic rings. The lowest BCUT2D eigenvalue weighted by Gasteiger charge is -2.31. The minimum atomic E-state index is 0.221. The highest BCUT2D eigenvalue weighted by Crippen LogP contribution is 2.15. The maximum Gasteiger partial charge on any atom is 0.236 e. The fourth-order valence-corrected chi connectivity index (χ4v) is 2.54. The van der Waals surface area contributed by atoms with Gasteiger partial charge < -0.3 is 10.2 Å². The molecule has 1 amide bonds. The number of aromatic nitrogens is 2. The number of nitrogens with one attached hydrogen (secondary N) is 1. The van der Waals surface area contributed by atoms with Gasteiger partial charge in [0.15, 0.2) is 0 Å². The van der Waals surface area contributed by atoms with Crippen molar-refractivity contribution in [3.63, 3.8) is 0 Å². The van der Waals surface area contributed by atoms with Gasteiger partial charge in [-0.05, 0) is 31.7 Å². The number of amides is 1. The molecule has 5 heteroatoms. The number of carbonyl (C=O) groups is 1. The molecule has 1 aliphatic rings. The van der Waals surface area contributed by atoms with Gasteiger partial charge in [0.05, 0.1) is 13.1 Å². The minimum Gasteiger partial charge on any atom is -0.341 e. The van der Waals surface area contributed by atoms with Crippen LogP contribution in [0.1, 0.15) is 26.7 Å². The van der Waals surface area contributed by atoms with Gasteiger partial charge in [-0.25, -0.2) is 0 Å². The fourth-order valence-electron chi connectivity index (χ4n) is 2.54. The van der Waals surface area contributed by atoms with Crippen molar-refractivity contribution in [2.75, 3.05) is 19.6 Å². The second kappa shape index (κ2) is 6.70. The molecule has 0 radical (unpaired) electrons. The summed E-state index contributed by atoms with van der Waals surface area (Å²) in [5.74, 6) is 0.859. The van der Waals surface area contributed by atoms with Crippen LogP contribution >= 0.6 is 0 Å². The van der Waals surface area contributed by atoms with Crippen molar-refractivity contribution < 1.29 is 4.79 Å². The van der Waals surface area contributed by atoms with E-state index in [2.05, 4.69) is 24.3 Å². The van der Waals surface area contributed by atoms with Crippen LogP contribution in [-0.4, -0.2) is 46.3 Å². The molecule has 1 aliphatic heterocycles. The van der Waals surface area contributed by atoms with E-state index in [0.29, 0.717) is 12.5 Å². The highest BCUT2D eigenvalue weighted by molar-refractivity contribution is 5.78. The van der Waals surface area contributed by atoms with Crippen LogP contribution in [0.25, 0.3) is 0 Å². The smallest absolute Gasteiger partial charge is 0.236 e. The lowest BCUT2D eigenvalue weighted by atomic mass is 10.0. The Hall–Kier alpha value is -1.36. The van der Waals surface area contributed by atoms with E-state index in [9.17, 15) is 4.79 Å². The summed E-state index contributed by atoms with van der Waals surface area (Å²) in [7, 11) is 0. The van der Waals surface area contributed by atoms with Crippen LogP contribution < -0.4 is 5.32 Å². The number of carbonyl (C=O) groups excluding carboxylic acids is 1. The average molecular weight is 264 g/mol. The van der Waals surface area contributed by atoms with E-state index < -0.39 is 0 Å². The normalized spacial score (nSPS) is 21.4. The van der Waals surface area contributed by atoms with Crippen LogP contribution in [0.4, 0.5) is 0 Å². The van der Waals surface area contributed by atoms with E-state index in [-0.39, 0.29) is 11.9 Å². The second-order valence-corrected chi connectivity index (χ2v) is 5.60. The maximum atomic E-state index is 12.1. The summed E-state index contributed by atoms with van der Waals surface area (Å²) in [4.78, 5) is 14.1. The monoisotopic (exact) mass is 264 g/mol. The molecule has 0 unspecified atom stereocenters. The van der Waals surface area contributed by atoms with E-state index in [1.54, 1.807) is 6.20 Å². The predicted molar refractivity (Wildman–Crippen MR) is 74.7 cm³/mol. The zero-order chi connectivity index (χ0) is 13.7. The summed E-state index contributed by atoms with van der Waals surface area (Å²) < 4.78 is 1.88. The molecular formula is C14H24N4O. The summed E-state index contributed by atoms with van der Waals surface area (Å²) in [5.41, 5.74) is 0. The fraction of sp³-hybridized carbons (Fsp3) is 0.714. The molecule has 0 aromatic carbocycles. The topological polar surface area (TPSA) is 50.2 Å². The van der Waals surface area contributed by atoms with Gasteiger partial charge in [-0.3, -0.25) is 9.48 Å². The lowest BCUT2D eigenvalue weighted by molar-refractivity contribution is -0.132. The van der Waals surface area contributed by atoms with Crippen LogP contribution in [0.3, 0.4) is 0 Å². The number of hydrogen-bond acceptors (Lipinski definition) is 3. The molecule has 1 fully saturated rings. The van der Waals surface area contributed by atoms with Crippen molar-refractivity contribution in [2.45, 2.75) is 39.3 Å². The van der Waals surface area contributed by atoms with Gasteiger partial charge in [0.25, 0.3) is 0 Å². The number of rotatable bonds is 5. The lowest BCUT2D eigenvalue weighted by Crippen LogP contribution is -2.45. The molecule has 1 N–H and O–H groups in total. The van der Waals surface area contributed by atoms with Gasteiger partial charge >= 0.3 is 0 Å². The Bertz CT molecular complexity index is 390. The highest BCUT2D eigenvalue weighted by Gasteiger charge is 2.20. The minimum absolute atomic E-state index is 0.221. The van der Waals surface area contributed by atoms with Crippen molar-refractivity contribution in [1.82, 2.24) is 20.0 Å². The van der Waals surface area contributed by atoms with Crippen LogP contribution in [0, 0.1) is 5.92 Å². The number of hydrogen-bond donors (Lipinski definition) is 1. The SMILES string of the molecule is C[C@H]1CCCN(C(=O)CN[C@@H](C)Cn2cccn2)C1. The van der Waals surface area contributed by atoms with Gasteiger partial charge in [0.2, 0.25) is 5.91 Å². The first-order chi connectivity index (χ1) is 9.15. The summed E-state index contributed by atoms with van der Waals surface area (Å²) in [5, 5.41) is 7.45. The third-order valence-electron chi connectivity index (χ3n) is 3.63. The molecule has 1 aromatic heterocycles. The molecule has 0 aliphatic carbocycles. The summed E-state index contributed by atoms with van der Waals surface area (Å²) in [6.45, 7) is 7.33. The van der Waals surface area contributed by atoms with Crippen LogP contribution in [0.15, 0.2) is 18.5 Å². The quantitative estimate of drug-likeness (QED) is 0.867. The van der Waals surface area contributed by atoms with Gasteiger partial charge in [0, 0.05) is 31.5 Å². The van der Waals surface area contributed by atoms with Gasteiger partial charge in [-0.2, -0.15) is 5.10 Å². The van der Waals surface area contributed by atoms with E-state index in [4.69, 9.17) is 0 Å². The molecule has 5 nitrogen and oxygen atoms in total. The Labute approximate surface area is 115 Å². The van der Waals surface area contributed by atoms with Crippen molar-refractivity contribution in [3.8, 4) is 0 Å². The Kier molecular flexibility index (Phi) is 4.96. The summed E-state index contributed by atoms with van der Waals surface area (Å²) in [6.07, 6.45) is 6.09. The van der Waals surface area contributed by atoms with Crippen LogP contribution in [0.5, 0.6) is 0 Å². The predicted octanol–water partition coefficient (Wildman–Crippen LogP) is 1.12. The summed E-state index contributed by atoms with van der Waals surface area (Å²) >= 11 is 0. The third kappa shape index (κ3) is 4.35. The molecular weight excluding hydrogens is 240 g/mol. The first-order valence-corrected chi connectivity index (χ1v) is 7.13. The maximum absolute atomic E-state index is 12.1. The molecule has 0 bridgehead atoms. The Morgan fingerprint density at radius 1 is 1.58 bits per heavy atom. The first kappa shape index (κ1) is 14.1. The average Bonchev–Trinajstić information content (AvgIpc) is 2.88. The van der Waals surface area contributed by atoms with Crippen molar-refractivity contribution in [3.05, 3.63) is 18.5 Å². The summed E-state index contributed by atoms with van der Waals surface area (Å²) in [6, 6.07) is 2.15. The molecule has 1 saturated heterocycles. The number of nitrogens with zero attached hydrogens (tertiary/aromatic N) is 3. The van der Waals surface area contributed by atoms with Gasteiger partial charge in [-0.1, -0.05) is 6.92 Å². The van der Waals surface area contributed by atoms with Crippen molar-refractivity contribution in [1.29, 1.82) is 0 Å². The van der Waals surface area contributed by atoms with Crippen molar-refractivity contribution >= 4 is 5.91 Å². The molecule has 2 rings (SSSR count). The van der Waals surface area contributed by atoms with Crippen LogP contribution in [0.2, 0.25) is 0 Å². The van der Waals surface area contributed by atoms with E-state index in [1.165, 1.54) is 6.42 Å². The van der Waals surface area contributed by atoms with Crippen molar-refractivity contribution in [2.24, 2.45) is 5.92 Å². The molecule has 0 spiro atoms. The van der Waals surface area contributed by atoms with Gasteiger partial charge in [-0.15, -0.1) is 0 Å². The van der Waals surface area contributed by atoms with E-state index in [1.807, 2.05) is 21.8 Å². The zero-order valence-corrected chi connectivity index (χ0v) is 11.9. The Morgan fingerprint density at radius 3 is 3.11 bits per heavy atom. The second-order valence-electron chi connectivity index (χ2n) is 5.60. The highest BCUT2D eigenvalue weighted by atomic mass is 16.2. The van der Waals surface area contributed by atoms with E-state index in [0.717, 1.165) is 26.1 Å². The molecule has 0 saturated carbocycles. The van der Waals surface area contributed by atoms with E-state index >= 15 is 0 Å². The molecule has 2 atom stereocenters.